The third kappa shape index (κ3) is 4.37. The summed E-state index contributed by atoms with van der Waals surface area (Å²) in [6, 6.07) is 11.0. The Hall–Kier alpha value is -2.22. The lowest BCUT2D eigenvalue weighted by Gasteiger charge is -2.26. The van der Waals surface area contributed by atoms with Gasteiger partial charge in [0.15, 0.2) is 0 Å². The monoisotopic (exact) mass is 440 g/mol. The predicted octanol–water partition coefficient (Wildman–Crippen LogP) is 1.77. The van der Waals surface area contributed by atoms with Gasteiger partial charge in [-0.15, -0.1) is 0 Å². The van der Waals surface area contributed by atoms with Crippen molar-refractivity contribution in [2.45, 2.75) is 10.5 Å². The first-order valence-electron chi connectivity index (χ1n) is 8.61. The molecule has 2 aromatic rings. The SMILES string of the molecule is N#Cc1cc(F)ccc1S(=O)(=O)N1C[C@H](COc2ccc(Cl)cc2)[C@](O)(CO)C1. The molecule has 0 aromatic heterocycles. The van der Waals surface area contributed by atoms with E-state index in [2.05, 4.69) is 0 Å². The Morgan fingerprint density at radius 2 is 2.00 bits per heavy atom. The highest BCUT2D eigenvalue weighted by Crippen LogP contribution is 2.33. The maximum Gasteiger partial charge on any atom is 0.244 e. The molecule has 1 aliphatic rings. The number of β-amino-alcohol motifs (C(OH)–C–C–N with tert-alkyl or cyclic N) is 1. The van der Waals surface area contributed by atoms with Gasteiger partial charge in [0.05, 0.1) is 18.8 Å². The summed E-state index contributed by atoms with van der Waals surface area (Å²) in [5.74, 6) is -0.992. The number of sulfonamides is 1. The van der Waals surface area contributed by atoms with Crippen LogP contribution in [-0.2, 0) is 10.0 Å². The van der Waals surface area contributed by atoms with Gasteiger partial charge in [0.2, 0.25) is 10.0 Å². The fourth-order valence-electron chi connectivity index (χ4n) is 3.17. The number of aliphatic hydroxyl groups is 2. The van der Waals surface area contributed by atoms with Crippen molar-refractivity contribution in [1.82, 2.24) is 4.31 Å². The summed E-state index contributed by atoms with van der Waals surface area (Å²) < 4.78 is 45.9. The number of nitriles is 1. The topological polar surface area (TPSA) is 111 Å². The van der Waals surface area contributed by atoms with Crippen LogP contribution in [0.4, 0.5) is 4.39 Å². The maximum atomic E-state index is 13.4. The standard InChI is InChI=1S/C19H18ClFN2O5S/c20-15-1-4-17(5-2-15)28-10-14-9-23(11-19(14,25)12-24)29(26,27)18-6-3-16(21)7-13(18)8-22/h1-7,14,24-25H,9-12H2/t14-,19-/m1/s1. The lowest BCUT2D eigenvalue weighted by Crippen LogP contribution is -2.44. The lowest BCUT2D eigenvalue weighted by molar-refractivity contribution is -0.0452. The van der Waals surface area contributed by atoms with Crippen molar-refractivity contribution in [3.63, 3.8) is 0 Å². The second-order valence-electron chi connectivity index (χ2n) is 6.77. The Balaban J connectivity index is 1.83. The van der Waals surface area contributed by atoms with Crippen LogP contribution in [0.3, 0.4) is 0 Å². The Kier molecular flexibility index (Phi) is 6.12. The minimum Gasteiger partial charge on any atom is -0.493 e. The first-order chi connectivity index (χ1) is 13.7. The van der Waals surface area contributed by atoms with Crippen molar-refractivity contribution in [1.29, 1.82) is 5.26 Å². The first-order valence-corrected chi connectivity index (χ1v) is 10.4. The van der Waals surface area contributed by atoms with Gasteiger partial charge in [0.25, 0.3) is 0 Å². The molecule has 2 atom stereocenters. The molecule has 0 amide bonds. The molecule has 1 saturated heterocycles. The molecule has 1 fully saturated rings. The summed E-state index contributed by atoms with van der Waals surface area (Å²) in [5, 5.41) is 30.1. The van der Waals surface area contributed by atoms with E-state index in [-0.39, 0.29) is 30.2 Å². The molecule has 0 aliphatic carbocycles. The number of benzene rings is 2. The van der Waals surface area contributed by atoms with E-state index in [1.165, 1.54) is 0 Å². The van der Waals surface area contributed by atoms with Gasteiger partial charge >= 0.3 is 0 Å². The molecule has 3 rings (SSSR count). The van der Waals surface area contributed by atoms with Crippen LogP contribution in [0.2, 0.25) is 5.02 Å². The molecule has 0 unspecified atom stereocenters. The van der Waals surface area contributed by atoms with Crippen molar-refractivity contribution in [3.05, 3.63) is 58.9 Å². The van der Waals surface area contributed by atoms with E-state index in [9.17, 15) is 23.0 Å². The van der Waals surface area contributed by atoms with Crippen molar-refractivity contribution < 1.29 is 27.8 Å². The average molecular weight is 441 g/mol. The Bertz CT molecular complexity index is 1040. The van der Waals surface area contributed by atoms with Gasteiger partial charge in [-0.2, -0.15) is 9.57 Å². The number of aliphatic hydroxyl groups excluding tert-OH is 1. The van der Waals surface area contributed by atoms with Gasteiger partial charge in [0, 0.05) is 24.0 Å². The number of halogens is 2. The fourth-order valence-corrected chi connectivity index (χ4v) is 4.96. The molecule has 7 nitrogen and oxygen atoms in total. The minimum atomic E-state index is -4.20. The van der Waals surface area contributed by atoms with E-state index in [1.54, 1.807) is 30.3 Å². The maximum absolute atomic E-state index is 13.4. The van der Waals surface area contributed by atoms with Gasteiger partial charge in [-0.3, -0.25) is 0 Å². The molecule has 0 spiro atoms. The number of ether oxygens (including phenoxy) is 1. The molecule has 0 bridgehead atoms. The summed E-state index contributed by atoms with van der Waals surface area (Å²) >= 11 is 5.82. The highest BCUT2D eigenvalue weighted by atomic mass is 35.5. The molecule has 1 heterocycles. The van der Waals surface area contributed by atoms with Gasteiger partial charge in [-0.25, -0.2) is 12.8 Å². The smallest absolute Gasteiger partial charge is 0.244 e. The number of hydrogen-bond acceptors (Lipinski definition) is 6. The Labute approximate surface area is 172 Å². The van der Waals surface area contributed by atoms with E-state index in [0.29, 0.717) is 10.8 Å². The summed E-state index contributed by atoms with van der Waals surface area (Å²) in [7, 11) is -4.20. The number of hydrogen-bond donors (Lipinski definition) is 2. The molecule has 0 radical (unpaired) electrons. The Morgan fingerprint density at radius 3 is 2.62 bits per heavy atom. The summed E-state index contributed by atoms with van der Waals surface area (Å²) in [6.07, 6.45) is 0. The molecule has 2 N–H and O–H groups in total. The molecule has 29 heavy (non-hydrogen) atoms. The predicted molar refractivity (Wildman–Crippen MR) is 102 cm³/mol. The molecule has 154 valence electrons. The van der Waals surface area contributed by atoms with Crippen molar-refractivity contribution >= 4 is 21.6 Å². The quantitative estimate of drug-likeness (QED) is 0.708. The zero-order valence-corrected chi connectivity index (χ0v) is 16.7. The highest BCUT2D eigenvalue weighted by Gasteiger charge is 2.49. The number of rotatable bonds is 6. The molecule has 0 saturated carbocycles. The molecule has 2 aromatic carbocycles. The van der Waals surface area contributed by atoms with Crippen LogP contribution >= 0.6 is 11.6 Å². The minimum absolute atomic E-state index is 0.0563. The molecule has 1 aliphatic heterocycles. The first kappa shape index (κ1) is 21.5. The second-order valence-corrected chi connectivity index (χ2v) is 9.12. The zero-order valence-electron chi connectivity index (χ0n) is 15.1. The lowest BCUT2D eigenvalue weighted by atomic mass is 9.92. The van der Waals surface area contributed by atoms with Gasteiger partial charge in [-0.05, 0) is 42.5 Å². The largest absolute Gasteiger partial charge is 0.493 e. The van der Waals surface area contributed by atoms with E-state index >= 15 is 0 Å². The van der Waals surface area contributed by atoms with Crippen LogP contribution in [-0.4, -0.2) is 54.8 Å². The van der Waals surface area contributed by atoms with Crippen LogP contribution in [0.25, 0.3) is 0 Å². The van der Waals surface area contributed by atoms with E-state index in [0.717, 1.165) is 22.5 Å². The van der Waals surface area contributed by atoms with Crippen LogP contribution in [0, 0.1) is 23.1 Å². The zero-order chi connectivity index (χ0) is 21.2. The fraction of sp³-hybridized carbons (Fsp3) is 0.316. The summed E-state index contributed by atoms with van der Waals surface area (Å²) in [4.78, 5) is -0.360. The molecule has 10 heteroatoms. The highest BCUT2D eigenvalue weighted by molar-refractivity contribution is 7.89. The van der Waals surface area contributed by atoms with Crippen molar-refractivity contribution in [2.24, 2.45) is 5.92 Å². The average Bonchev–Trinajstić information content (AvgIpc) is 3.05. The van der Waals surface area contributed by atoms with Crippen LogP contribution in [0.5, 0.6) is 5.75 Å². The van der Waals surface area contributed by atoms with Gasteiger partial charge < -0.3 is 14.9 Å². The Morgan fingerprint density at radius 1 is 1.31 bits per heavy atom. The summed E-state index contributed by atoms with van der Waals surface area (Å²) in [5.41, 5.74) is -2.06. The van der Waals surface area contributed by atoms with E-state index in [1.807, 2.05) is 0 Å². The van der Waals surface area contributed by atoms with Crippen LogP contribution in [0.1, 0.15) is 5.56 Å². The van der Waals surface area contributed by atoms with E-state index < -0.39 is 34.0 Å². The third-order valence-corrected chi connectivity index (χ3v) is 6.97. The van der Waals surface area contributed by atoms with E-state index in [4.69, 9.17) is 21.6 Å². The normalized spacial score (nSPS) is 22.4. The number of nitrogens with zero attached hydrogens (tertiary/aromatic N) is 2. The van der Waals surface area contributed by atoms with Crippen molar-refractivity contribution in [2.75, 3.05) is 26.3 Å². The third-order valence-electron chi connectivity index (χ3n) is 4.85. The molecular weight excluding hydrogens is 423 g/mol. The van der Waals surface area contributed by atoms with Gasteiger partial charge in [-0.1, -0.05) is 11.6 Å². The van der Waals surface area contributed by atoms with Gasteiger partial charge in [0.1, 0.15) is 28.1 Å². The van der Waals surface area contributed by atoms with Crippen LogP contribution < -0.4 is 4.74 Å². The molecular formula is C19H18ClFN2O5S. The van der Waals surface area contributed by atoms with Crippen LogP contribution in [0.15, 0.2) is 47.4 Å². The summed E-state index contributed by atoms with van der Waals surface area (Å²) in [6.45, 7) is -1.26. The second kappa shape index (κ2) is 8.26. The van der Waals surface area contributed by atoms with Crippen molar-refractivity contribution in [3.8, 4) is 11.8 Å².